The highest BCUT2D eigenvalue weighted by atomic mass is 15.1. The van der Waals surface area contributed by atoms with Crippen molar-refractivity contribution in [3.8, 4) is 0 Å². The summed E-state index contributed by atoms with van der Waals surface area (Å²) in [5, 5.41) is 3.42. The highest BCUT2D eigenvalue weighted by molar-refractivity contribution is 5.50. The van der Waals surface area contributed by atoms with Gasteiger partial charge in [-0.05, 0) is 42.4 Å². The zero-order chi connectivity index (χ0) is 15.1. The monoisotopic (exact) mass is 283 g/mol. The second-order valence-corrected chi connectivity index (χ2v) is 5.21. The second kappa shape index (κ2) is 7.70. The molecule has 0 amide bonds. The summed E-state index contributed by atoms with van der Waals surface area (Å²) in [6.45, 7) is 8.34. The lowest BCUT2D eigenvalue weighted by Crippen LogP contribution is -2.21. The van der Waals surface area contributed by atoms with E-state index in [1.54, 1.807) is 0 Å². The summed E-state index contributed by atoms with van der Waals surface area (Å²) < 4.78 is 0. The van der Waals surface area contributed by atoms with Gasteiger partial charge < -0.3 is 11.1 Å². The molecule has 0 aliphatic rings. The molecule has 2 aromatic carbocycles. The van der Waals surface area contributed by atoms with Crippen LogP contribution in [0.4, 0.5) is 11.4 Å². The van der Waals surface area contributed by atoms with Crippen LogP contribution in [0.15, 0.2) is 48.5 Å². The van der Waals surface area contributed by atoms with Crippen molar-refractivity contribution in [1.29, 1.82) is 0 Å². The highest BCUT2D eigenvalue weighted by Crippen LogP contribution is 2.15. The molecule has 0 saturated carbocycles. The Bertz CT molecular complexity index is 545. The first-order valence-corrected chi connectivity index (χ1v) is 7.61. The molecule has 0 spiro atoms. The van der Waals surface area contributed by atoms with Crippen LogP contribution in [0.25, 0.3) is 0 Å². The van der Waals surface area contributed by atoms with Crippen LogP contribution in [0, 0.1) is 0 Å². The van der Waals surface area contributed by atoms with Gasteiger partial charge in [0.15, 0.2) is 0 Å². The zero-order valence-corrected chi connectivity index (χ0v) is 13.0. The summed E-state index contributed by atoms with van der Waals surface area (Å²) in [5.41, 5.74) is 10.4. The molecule has 0 aliphatic carbocycles. The second-order valence-electron chi connectivity index (χ2n) is 5.21. The fourth-order valence-electron chi connectivity index (χ4n) is 2.33. The Labute approximate surface area is 127 Å². The van der Waals surface area contributed by atoms with Gasteiger partial charge in [-0.15, -0.1) is 0 Å². The first kappa shape index (κ1) is 15.4. The molecule has 0 aromatic heterocycles. The number of nitrogens with one attached hydrogen (secondary N) is 1. The molecular formula is C18H25N3. The van der Waals surface area contributed by atoms with Gasteiger partial charge in [0.2, 0.25) is 0 Å². The van der Waals surface area contributed by atoms with E-state index < -0.39 is 0 Å². The third kappa shape index (κ3) is 4.50. The predicted octanol–water partition coefficient (Wildman–Crippen LogP) is 3.72. The SMILES string of the molecule is CCN(CC)Cc1ccc(NCc2ccccc2N)cc1. The number of hydrogen-bond donors (Lipinski definition) is 2. The Morgan fingerprint density at radius 1 is 0.952 bits per heavy atom. The normalized spacial score (nSPS) is 10.8. The largest absolute Gasteiger partial charge is 0.398 e. The van der Waals surface area contributed by atoms with Crippen LogP contribution in [0.2, 0.25) is 0 Å². The van der Waals surface area contributed by atoms with E-state index in [0.717, 1.165) is 43.1 Å². The van der Waals surface area contributed by atoms with E-state index in [0.29, 0.717) is 0 Å². The maximum Gasteiger partial charge on any atom is 0.0421 e. The molecular weight excluding hydrogens is 258 g/mol. The number of anilines is 2. The molecule has 3 N–H and O–H groups in total. The van der Waals surface area contributed by atoms with Gasteiger partial charge in [0.25, 0.3) is 0 Å². The summed E-state index contributed by atoms with van der Waals surface area (Å²) >= 11 is 0. The number of hydrogen-bond acceptors (Lipinski definition) is 3. The third-order valence-electron chi connectivity index (χ3n) is 3.79. The minimum absolute atomic E-state index is 0.752. The van der Waals surface area contributed by atoms with Crippen LogP contribution in [-0.4, -0.2) is 18.0 Å². The smallest absolute Gasteiger partial charge is 0.0421 e. The van der Waals surface area contributed by atoms with Crippen molar-refractivity contribution in [3.05, 3.63) is 59.7 Å². The molecule has 0 aliphatic heterocycles. The summed E-state index contributed by atoms with van der Waals surface area (Å²) in [6.07, 6.45) is 0. The Hall–Kier alpha value is -2.00. The van der Waals surface area contributed by atoms with E-state index in [-0.39, 0.29) is 0 Å². The predicted molar refractivity (Wildman–Crippen MR) is 91.2 cm³/mol. The molecule has 0 heterocycles. The lowest BCUT2D eigenvalue weighted by molar-refractivity contribution is 0.296. The Morgan fingerprint density at radius 3 is 2.24 bits per heavy atom. The maximum atomic E-state index is 5.95. The van der Waals surface area contributed by atoms with Crippen molar-refractivity contribution in [2.24, 2.45) is 0 Å². The van der Waals surface area contributed by atoms with E-state index in [4.69, 9.17) is 5.73 Å². The van der Waals surface area contributed by atoms with Gasteiger partial charge in [-0.1, -0.05) is 44.2 Å². The fourth-order valence-corrected chi connectivity index (χ4v) is 2.33. The molecule has 3 nitrogen and oxygen atoms in total. The van der Waals surface area contributed by atoms with Gasteiger partial charge >= 0.3 is 0 Å². The van der Waals surface area contributed by atoms with Crippen molar-refractivity contribution >= 4 is 11.4 Å². The van der Waals surface area contributed by atoms with Crippen molar-refractivity contribution < 1.29 is 0 Å². The van der Waals surface area contributed by atoms with Crippen LogP contribution in [0.5, 0.6) is 0 Å². The summed E-state index contributed by atoms with van der Waals surface area (Å²) in [4.78, 5) is 2.41. The van der Waals surface area contributed by atoms with E-state index in [9.17, 15) is 0 Å². The molecule has 2 aromatic rings. The van der Waals surface area contributed by atoms with E-state index >= 15 is 0 Å². The molecule has 3 heteroatoms. The summed E-state index contributed by atoms with van der Waals surface area (Å²) in [5.74, 6) is 0. The van der Waals surface area contributed by atoms with Gasteiger partial charge in [-0.25, -0.2) is 0 Å². The van der Waals surface area contributed by atoms with Gasteiger partial charge in [-0.2, -0.15) is 0 Å². The topological polar surface area (TPSA) is 41.3 Å². The number of benzene rings is 2. The minimum Gasteiger partial charge on any atom is -0.398 e. The maximum absolute atomic E-state index is 5.95. The molecule has 112 valence electrons. The first-order chi connectivity index (χ1) is 10.2. The van der Waals surface area contributed by atoms with Crippen LogP contribution in [0.1, 0.15) is 25.0 Å². The molecule has 0 radical (unpaired) electrons. The van der Waals surface area contributed by atoms with Crippen LogP contribution >= 0.6 is 0 Å². The zero-order valence-electron chi connectivity index (χ0n) is 13.0. The molecule has 0 unspecified atom stereocenters. The lowest BCUT2D eigenvalue weighted by Gasteiger charge is -2.18. The molecule has 0 bridgehead atoms. The fraction of sp³-hybridized carbons (Fsp3) is 0.333. The number of nitrogens with two attached hydrogens (primary N) is 1. The van der Waals surface area contributed by atoms with E-state index in [1.165, 1.54) is 5.56 Å². The quantitative estimate of drug-likeness (QED) is 0.761. The van der Waals surface area contributed by atoms with Crippen LogP contribution in [-0.2, 0) is 13.1 Å². The average molecular weight is 283 g/mol. The van der Waals surface area contributed by atoms with Gasteiger partial charge in [0, 0.05) is 24.5 Å². The Kier molecular flexibility index (Phi) is 5.64. The van der Waals surface area contributed by atoms with Crippen molar-refractivity contribution in [1.82, 2.24) is 4.90 Å². The van der Waals surface area contributed by atoms with E-state index in [2.05, 4.69) is 54.4 Å². The van der Waals surface area contributed by atoms with Crippen molar-refractivity contribution in [3.63, 3.8) is 0 Å². The molecule has 0 fully saturated rings. The number of rotatable bonds is 7. The summed E-state index contributed by atoms with van der Waals surface area (Å²) in [6, 6.07) is 16.6. The number of para-hydroxylation sites is 1. The summed E-state index contributed by atoms with van der Waals surface area (Å²) in [7, 11) is 0. The standard InChI is InChI=1S/C18H25N3/c1-3-21(4-2)14-15-9-11-17(12-10-15)20-13-16-7-5-6-8-18(16)19/h5-12,20H,3-4,13-14,19H2,1-2H3. The molecule has 21 heavy (non-hydrogen) atoms. The molecule has 0 atom stereocenters. The lowest BCUT2D eigenvalue weighted by atomic mass is 10.1. The van der Waals surface area contributed by atoms with Crippen LogP contribution in [0.3, 0.4) is 0 Å². The van der Waals surface area contributed by atoms with Crippen molar-refractivity contribution in [2.45, 2.75) is 26.9 Å². The van der Waals surface area contributed by atoms with Gasteiger partial charge in [-0.3, -0.25) is 4.90 Å². The highest BCUT2D eigenvalue weighted by Gasteiger charge is 2.02. The number of nitrogens with zero attached hydrogens (tertiary/aromatic N) is 1. The third-order valence-corrected chi connectivity index (χ3v) is 3.79. The molecule has 2 rings (SSSR count). The van der Waals surface area contributed by atoms with Gasteiger partial charge in [0.05, 0.1) is 0 Å². The number of nitrogen functional groups attached to an aromatic ring is 1. The van der Waals surface area contributed by atoms with Crippen molar-refractivity contribution in [2.75, 3.05) is 24.1 Å². The Morgan fingerprint density at radius 2 is 1.62 bits per heavy atom. The minimum atomic E-state index is 0.752. The van der Waals surface area contributed by atoms with E-state index in [1.807, 2.05) is 18.2 Å². The average Bonchev–Trinajstić information content (AvgIpc) is 2.53. The first-order valence-electron chi connectivity index (χ1n) is 7.61. The van der Waals surface area contributed by atoms with Crippen LogP contribution < -0.4 is 11.1 Å². The Balaban J connectivity index is 1.92. The molecule has 0 saturated heterocycles. The van der Waals surface area contributed by atoms with Gasteiger partial charge in [0.1, 0.15) is 0 Å².